The number of rotatable bonds is 5. The van der Waals surface area contributed by atoms with Crippen LogP contribution in [0.15, 0.2) is 0 Å². The predicted octanol–water partition coefficient (Wildman–Crippen LogP) is 0.224. The van der Waals surface area contributed by atoms with Crippen molar-refractivity contribution in [2.24, 2.45) is 0 Å². The summed E-state index contributed by atoms with van der Waals surface area (Å²) in [7, 11) is -0.0192. The molecule has 4 rings (SSSR count). The average molecular weight is 328 g/mol. The Morgan fingerprint density at radius 1 is 0.909 bits per heavy atom. The van der Waals surface area contributed by atoms with Crippen LogP contribution in [0.1, 0.15) is 38.5 Å². The predicted molar refractivity (Wildman–Crippen MR) is 85.8 cm³/mol. The quantitative estimate of drug-likeness (QED) is 0.785. The molecule has 126 valence electrons. The molecule has 3 aliphatic heterocycles. The maximum absolute atomic E-state index is 12.0. The van der Waals surface area contributed by atoms with Gasteiger partial charge in [0.1, 0.15) is 0 Å². The SMILES string of the molecule is CN(C)S(=O)(=O)N1CC(NC2CC3CCC(C2)N3C2CC2)C1. The zero-order valence-corrected chi connectivity index (χ0v) is 14.4. The van der Waals surface area contributed by atoms with Gasteiger partial charge in [0.25, 0.3) is 10.2 Å². The molecule has 0 aromatic rings. The first-order valence-electron chi connectivity index (χ1n) is 8.66. The van der Waals surface area contributed by atoms with Gasteiger partial charge in [-0.15, -0.1) is 0 Å². The lowest BCUT2D eigenvalue weighted by molar-refractivity contribution is 0.0928. The minimum absolute atomic E-state index is 0.339. The number of hydrogen-bond acceptors (Lipinski definition) is 4. The van der Waals surface area contributed by atoms with E-state index in [-0.39, 0.29) is 0 Å². The van der Waals surface area contributed by atoms with Crippen LogP contribution in [-0.2, 0) is 10.2 Å². The van der Waals surface area contributed by atoms with E-state index in [4.69, 9.17) is 0 Å². The zero-order chi connectivity index (χ0) is 15.5. The Kier molecular flexibility index (Phi) is 3.77. The second-order valence-electron chi connectivity index (χ2n) is 7.70. The fraction of sp³-hybridized carbons (Fsp3) is 1.00. The molecule has 2 atom stereocenters. The fourth-order valence-corrected chi connectivity index (χ4v) is 5.81. The van der Waals surface area contributed by atoms with Crippen molar-refractivity contribution in [2.75, 3.05) is 27.2 Å². The maximum Gasteiger partial charge on any atom is 0.281 e. The molecule has 0 spiro atoms. The van der Waals surface area contributed by atoms with Crippen LogP contribution in [0.2, 0.25) is 0 Å². The third-order valence-corrected chi connectivity index (χ3v) is 7.74. The zero-order valence-electron chi connectivity index (χ0n) is 13.6. The van der Waals surface area contributed by atoms with Gasteiger partial charge in [-0.3, -0.25) is 4.90 Å². The summed E-state index contributed by atoms with van der Waals surface area (Å²) in [5.74, 6) is 0. The first-order valence-corrected chi connectivity index (χ1v) is 10.1. The summed E-state index contributed by atoms with van der Waals surface area (Å²) >= 11 is 0. The lowest BCUT2D eigenvalue weighted by Gasteiger charge is -2.45. The van der Waals surface area contributed by atoms with E-state index in [1.807, 2.05) is 0 Å². The van der Waals surface area contributed by atoms with Gasteiger partial charge in [0.05, 0.1) is 0 Å². The third-order valence-electron chi connectivity index (χ3n) is 5.87. The van der Waals surface area contributed by atoms with E-state index in [9.17, 15) is 8.42 Å². The van der Waals surface area contributed by atoms with E-state index in [2.05, 4.69) is 10.2 Å². The van der Waals surface area contributed by atoms with E-state index in [0.717, 1.165) is 18.1 Å². The van der Waals surface area contributed by atoms with Crippen molar-refractivity contribution in [1.29, 1.82) is 0 Å². The van der Waals surface area contributed by atoms with Crippen LogP contribution in [0.25, 0.3) is 0 Å². The van der Waals surface area contributed by atoms with E-state index < -0.39 is 10.2 Å². The molecular formula is C15H28N4O2S. The lowest BCUT2D eigenvalue weighted by Crippen LogP contribution is -2.64. The molecule has 22 heavy (non-hydrogen) atoms. The molecule has 0 radical (unpaired) electrons. The van der Waals surface area contributed by atoms with E-state index in [1.54, 1.807) is 18.4 Å². The van der Waals surface area contributed by atoms with Crippen LogP contribution in [0, 0.1) is 0 Å². The molecule has 0 aromatic carbocycles. The number of nitrogens with zero attached hydrogens (tertiary/aromatic N) is 3. The Hall–Kier alpha value is -0.210. The number of nitrogens with one attached hydrogen (secondary N) is 1. The van der Waals surface area contributed by atoms with Crippen molar-refractivity contribution < 1.29 is 8.42 Å². The highest BCUT2D eigenvalue weighted by atomic mass is 32.2. The summed E-state index contributed by atoms with van der Waals surface area (Å²) in [6.45, 7) is 1.25. The normalized spacial score (nSPS) is 37.7. The Balaban J connectivity index is 1.28. The summed E-state index contributed by atoms with van der Waals surface area (Å²) in [5.41, 5.74) is 0. The Morgan fingerprint density at radius 2 is 1.45 bits per heavy atom. The Morgan fingerprint density at radius 3 is 1.95 bits per heavy atom. The number of piperidine rings is 1. The van der Waals surface area contributed by atoms with Gasteiger partial charge < -0.3 is 5.32 Å². The van der Waals surface area contributed by atoms with Crippen LogP contribution in [0.3, 0.4) is 0 Å². The Labute approximate surface area is 134 Å². The molecule has 2 bridgehead atoms. The summed E-state index contributed by atoms with van der Waals surface area (Å²) in [6.07, 6.45) is 8.06. The molecule has 7 heteroatoms. The lowest BCUT2D eigenvalue weighted by atomic mass is 9.95. The minimum Gasteiger partial charge on any atom is -0.308 e. The van der Waals surface area contributed by atoms with Crippen LogP contribution in [0.5, 0.6) is 0 Å². The molecule has 3 saturated heterocycles. The van der Waals surface area contributed by atoms with Crippen molar-refractivity contribution >= 4 is 10.2 Å². The highest BCUT2D eigenvalue weighted by Crippen LogP contribution is 2.43. The molecule has 0 amide bonds. The van der Waals surface area contributed by atoms with Gasteiger partial charge in [-0.25, -0.2) is 0 Å². The second-order valence-corrected chi connectivity index (χ2v) is 9.84. The first-order chi connectivity index (χ1) is 10.4. The molecule has 4 fully saturated rings. The van der Waals surface area contributed by atoms with Gasteiger partial charge in [0, 0.05) is 57.4 Å². The van der Waals surface area contributed by atoms with Gasteiger partial charge in [-0.2, -0.15) is 17.0 Å². The van der Waals surface area contributed by atoms with Crippen molar-refractivity contribution in [3.05, 3.63) is 0 Å². The van der Waals surface area contributed by atoms with Crippen LogP contribution in [0.4, 0.5) is 0 Å². The fourth-order valence-electron chi connectivity index (χ4n) is 4.61. The molecule has 1 saturated carbocycles. The van der Waals surface area contributed by atoms with Crippen LogP contribution in [-0.4, -0.2) is 79.3 Å². The molecule has 1 aliphatic carbocycles. The molecule has 0 aromatic heterocycles. The molecule has 1 N–H and O–H groups in total. The van der Waals surface area contributed by atoms with Gasteiger partial charge >= 0.3 is 0 Å². The minimum atomic E-state index is -3.22. The average Bonchev–Trinajstić information content (AvgIpc) is 3.20. The molecule has 2 unspecified atom stereocenters. The number of hydrogen-bond donors (Lipinski definition) is 1. The molecular weight excluding hydrogens is 300 g/mol. The van der Waals surface area contributed by atoms with Crippen LogP contribution >= 0.6 is 0 Å². The van der Waals surface area contributed by atoms with Gasteiger partial charge in [-0.05, 0) is 38.5 Å². The van der Waals surface area contributed by atoms with E-state index >= 15 is 0 Å². The topological polar surface area (TPSA) is 55.9 Å². The Bertz CT molecular complexity index is 514. The van der Waals surface area contributed by atoms with Gasteiger partial charge in [0.15, 0.2) is 0 Å². The summed E-state index contributed by atoms with van der Waals surface area (Å²) in [4.78, 5) is 2.81. The maximum atomic E-state index is 12.0. The summed E-state index contributed by atoms with van der Waals surface area (Å²) in [5, 5.41) is 3.73. The van der Waals surface area contributed by atoms with Gasteiger partial charge in [0.2, 0.25) is 0 Å². The molecule has 6 nitrogen and oxygen atoms in total. The number of fused-ring (bicyclic) bond motifs is 2. The van der Waals surface area contributed by atoms with Gasteiger partial charge in [-0.1, -0.05) is 0 Å². The monoisotopic (exact) mass is 328 g/mol. The molecule has 4 aliphatic rings. The smallest absolute Gasteiger partial charge is 0.281 e. The van der Waals surface area contributed by atoms with Crippen molar-refractivity contribution in [3.63, 3.8) is 0 Å². The largest absolute Gasteiger partial charge is 0.308 e. The van der Waals surface area contributed by atoms with Crippen molar-refractivity contribution in [3.8, 4) is 0 Å². The van der Waals surface area contributed by atoms with Crippen molar-refractivity contribution in [1.82, 2.24) is 18.8 Å². The van der Waals surface area contributed by atoms with Crippen LogP contribution < -0.4 is 5.32 Å². The summed E-state index contributed by atoms with van der Waals surface area (Å²) in [6, 6.07) is 3.38. The van der Waals surface area contributed by atoms with E-state index in [0.29, 0.717) is 25.2 Å². The molecule has 3 heterocycles. The van der Waals surface area contributed by atoms with Crippen molar-refractivity contribution in [2.45, 2.75) is 68.7 Å². The second kappa shape index (κ2) is 5.41. The highest BCUT2D eigenvalue weighted by Gasteiger charge is 2.47. The highest BCUT2D eigenvalue weighted by molar-refractivity contribution is 7.86. The summed E-state index contributed by atoms with van der Waals surface area (Å²) < 4.78 is 26.9. The third kappa shape index (κ3) is 2.60. The van der Waals surface area contributed by atoms with E-state index in [1.165, 1.54) is 42.8 Å². The standard InChI is InChI=1S/C15H28N4O2S/c1-17(2)22(20,21)18-9-12(10-18)16-11-7-14-5-6-15(8-11)19(14)13-3-4-13/h11-16H,3-10H2,1-2H3. The first kappa shape index (κ1) is 15.3.